The van der Waals surface area contributed by atoms with E-state index in [-0.39, 0.29) is 54.8 Å². The quantitative estimate of drug-likeness (QED) is 0.117. The van der Waals surface area contributed by atoms with Gasteiger partial charge in [-0.15, -0.1) is 24.8 Å². The molecular formula is C21H30Cl2N10O3. The topological polar surface area (TPSA) is 212 Å². The summed E-state index contributed by atoms with van der Waals surface area (Å²) in [5.74, 6) is -1.32. The molecule has 3 rings (SSSR count). The van der Waals surface area contributed by atoms with Gasteiger partial charge in [0.2, 0.25) is 0 Å². The summed E-state index contributed by atoms with van der Waals surface area (Å²) in [6.45, 7) is 3.99. The highest BCUT2D eigenvalue weighted by molar-refractivity contribution is 6.09. The van der Waals surface area contributed by atoms with Crippen molar-refractivity contribution in [2.75, 3.05) is 29.5 Å². The van der Waals surface area contributed by atoms with Gasteiger partial charge in [-0.2, -0.15) is 0 Å². The van der Waals surface area contributed by atoms with Crippen LogP contribution in [0.2, 0.25) is 0 Å². The summed E-state index contributed by atoms with van der Waals surface area (Å²) in [5, 5.41) is 17.9. The highest BCUT2D eigenvalue weighted by Gasteiger charge is 2.20. The number of nitrogen functional groups attached to an aromatic ring is 1. The Balaban J connectivity index is 0.00000324. The number of amides is 3. The van der Waals surface area contributed by atoms with Crippen LogP contribution in [-0.4, -0.2) is 51.3 Å². The molecule has 3 aromatic rings. The fourth-order valence-corrected chi connectivity index (χ4v) is 3.37. The number of rotatable bonds is 8. The summed E-state index contributed by atoms with van der Waals surface area (Å²) in [6.07, 6.45) is 4.69. The number of guanidine groups is 1. The van der Waals surface area contributed by atoms with Gasteiger partial charge in [-0.25, -0.2) is 0 Å². The SMILES string of the molecule is Cc1c(NC(=O)c2[nH]cc(NC(=O)c3cc(N)cn3C)c2C)c[nH]c1C(=O)NCCNC(=N)N.Cl.Cl. The van der Waals surface area contributed by atoms with Gasteiger partial charge in [0.1, 0.15) is 17.1 Å². The van der Waals surface area contributed by atoms with E-state index in [4.69, 9.17) is 16.9 Å². The van der Waals surface area contributed by atoms with Crippen molar-refractivity contribution in [3.05, 3.63) is 52.9 Å². The first kappa shape index (κ1) is 29.9. The molecule has 3 amide bonds. The summed E-state index contributed by atoms with van der Waals surface area (Å²) in [7, 11) is 1.71. The van der Waals surface area contributed by atoms with Crippen molar-refractivity contribution in [2.45, 2.75) is 13.8 Å². The van der Waals surface area contributed by atoms with Crippen LogP contribution in [0.3, 0.4) is 0 Å². The molecule has 13 nitrogen and oxygen atoms in total. The molecule has 0 saturated heterocycles. The van der Waals surface area contributed by atoms with E-state index < -0.39 is 5.91 Å². The van der Waals surface area contributed by atoms with Gasteiger partial charge in [-0.05, 0) is 19.9 Å². The van der Waals surface area contributed by atoms with E-state index in [9.17, 15) is 14.4 Å². The van der Waals surface area contributed by atoms with Crippen LogP contribution in [0.15, 0.2) is 24.7 Å². The Kier molecular flexibility index (Phi) is 10.4. The molecule has 3 aromatic heterocycles. The molecule has 0 unspecified atom stereocenters. The van der Waals surface area contributed by atoms with E-state index in [1.807, 2.05) is 0 Å². The first-order valence-corrected chi connectivity index (χ1v) is 10.3. The van der Waals surface area contributed by atoms with Crippen molar-refractivity contribution >= 4 is 65.6 Å². The Morgan fingerprint density at radius 1 is 0.917 bits per heavy atom. The number of aromatic amines is 2. The number of nitrogens with zero attached hydrogens (tertiary/aromatic N) is 1. The standard InChI is InChI=1S/C21H28N10O3.2ClH/c1-10-14(8-27-16(10)19(33)25-4-5-26-21(23)24)30-20(34)17-11(2)13(7-28-17)29-18(32)15-6-12(22)9-31(15)3;;/h6-9,27-28H,4-5,22H2,1-3H3,(H,25,33)(H,29,32)(H,30,34)(H4,23,24,26);2*1H. The molecule has 0 atom stereocenters. The Labute approximate surface area is 219 Å². The number of carbonyl (C=O) groups is 3. The third-order valence-corrected chi connectivity index (χ3v) is 5.21. The highest BCUT2D eigenvalue weighted by Crippen LogP contribution is 2.23. The van der Waals surface area contributed by atoms with E-state index in [1.54, 1.807) is 37.7 Å². The molecule has 0 fully saturated rings. The molecule has 11 N–H and O–H groups in total. The predicted molar refractivity (Wildman–Crippen MR) is 144 cm³/mol. The molecule has 0 aliphatic carbocycles. The fourth-order valence-electron chi connectivity index (χ4n) is 3.37. The number of aromatic nitrogens is 3. The minimum absolute atomic E-state index is 0. The maximum absolute atomic E-state index is 12.8. The van der Waals surface area contributed by atoms with Gasteiger partial charge in [-0.1, -0.05) is 0 Å². The summed E-state index contributed by atoms with van der Waals surface area (Å²) >= 11 is 0. The minimum atomic E-state index is -0.430. The minimum Gasteiger partial charge on any atom is -0.397 e. The Hall–Kier alpha value is -4.10. The number of hydrogen-bond acceptors (Lipinski definition) is 5. The van der Waals surface area contributed by atoms with E-state index in [1.165, 1.54) is 12.4 Å². The van der Waals surface area contributed by atoms with Gasteiger partial charge in [0.25, 0.3) is 17.7 Å². The zero-order valence-corrected chi connectivity index (χ0v) is 21.5. The van der Waals surface area contributed by atoms with Crippen LogP contribution in [0.25, 0.3) is 0 Å². The lowest BCUT2D eigenvalue weighted by Gasteiger charge is -2.08. The van der Waals surface area contributed by atoms with Gasteiger partial charge in [-0.3, -0.25) is 19.8 Å². The number of nitrogens with two attached hydrogens (primary N) is 2. The van der Waals surface area contributed by atoms with Crippen LogP contribution in [0.1, 0.15) is 42.6 Å². The van der Waals surface area contributed by atoms with E-state index in [0.29, 0.717) is 46.1 Å². The summed E-state index contributed by atoms with van der Waals surface area (Å²) in [6, 6.07) is 1.56. The maximum Gasteiger partial charge on any atom is 0.272 e. The second-order valence-corrected chi connectivity index (χ2v) is 7.68. The first-order valence-electron chi connectivity index (χ1n) is 10.3. The van der Waals surface area contributed by atoms with Crippen LogP contribution in [0.5, 0.6) is 0 Å². The fraction of sp³-hybridized carbons (Fsp3) is 0.238. The van der Waals surface area contributed by atoms with Gasteiger partial charge < -0.3 is 47.3 Å². The van der Waals surface area contributed by atoms with Crippen LogP contribution >= 0.6 is 24.8 Å². The van der Waals surface area contributed by atoms with Gasteiger partial charge >= 0.3 is 0 Å². The first-order chi connectivity index (χ1) is 16.1. The smallest absolute Gasteiger partial charge is 0.272 e. The third kappa shape index (κ3) is 6.73. The second kappa shape index (κ2) is 12.6. The summed E-state index contributed by atoms with van der Waals surface area (Å²) < 4.78 is 1.61. The van der Waals surface area contributed by atoms with Crippen LogP contribution in [-0.2, 0) is 7.05 Å². The van der Waals surface area contributed by atoms with Crippen molar-refractivity contribution in [2.24, 2.45) is 12.8 Å². The molecule has 0 spiro atoms. The number of anilines is 3. The lowest BCUT2D eigenvalue weighted by atomic mass is 10.2. The number of nitrogens with one attached hydrogen (secondary N) is 7. The average Bonchev–Trinajstić information content (AvgIpc) is 3.42. The normalized spacial score (nSPS) is 9.97. The van der Waals surface area contributed by atoms with Gasteiger partial charge in [0.05, 0.1) is 17.1 Å². The second-order valence-electron chi connectivity index (χ2n) is 7.68. The van der Waals surface area contributed by atoms with Gasteiger partial charge in [0, 0.05) is 49.9 Å². The Bertz CT molecular complexity index is 1260. The highest BCUT2D eigenvalue weighted by atomic mass is 35.5. The lowest BCUT2D eigenvalue weighted by Crippen LogP contribution is -2.37. The van der Waals surface area contributed by atoms with E-state index in [0.717, 1.165) is 0 Å². The molecule has 36 heavy (non-hydrogen) atoms. The summed E-state index contributed by atoms with van der Waals surface area (Å²) in [5.41, 5.74) is 14.4. The Morgan fingerprint density at radius 2 is 1.42 bits per heavy atom. The molecule has 0 bridgehead atoms. The molecule has 0 aliphatic heterocycles. The number of hydrogen-bond donors (Lipinski definition) is 9. The van der Waals surface area contributed by atoms with E-state index in [2.05, 4.69) is 31.2 Å². The van der Waals surface area contributed by atoms with Crippen molar-refractivity contribution in [3.8, 4) is 0 Å². The van der Waals surface area contributed by atoms with Crippen molar-refractivity contribution in [1.82, 2.24) is 25.2 Å². The van der Waals surface area contributed by atoms with Gasteiger partial charge in [0.15, 0.2) is 5.96 Å². The number of H-pyrrole nitrogens is 2. The van der Waals surface area contributed by atoms with Crippen molar-refractivity contribution in [3.63, 3.8) is 0 Å². The molecule has 0 saturated carbocycles. The predicted octanol–water partition coefficient (Wildman–Crippen LogP) is 1.44. The molecule has 0 aliphatic rings. The van der Waals surface area contributed by atoms with E-state index >= 15 is 0 Å². The molecular weight excluding hydrogens is 511 g/mol. The van der Waals surface area contributed by atoms with Crippen LogP contribution in [0, 0.1) is 19.3 Å². The molecule has 196 valence electrons. The average molecular weight is 541 g/mol. The molecule has 0 aromatic carbocycles. The van der Waals surface area contributed by atoms with Crippen molar-refractivity contribution < 1.29 is 14.4 Å². The number of carbonyl (C=O) groups excluding carboxylic acids is 3. The molecule has 3 heterocycles. The number of aryl methyl sites for hydroxylation is 1. The van der Waals surface area contributed by atoms with Crippen LogP contribution < -0.4 is 32.7 Å². The summed E-state index contributed by atoms with van der Waals surface area (Å²) in [4.78, 5) is 43.5. The zero-order chi connectivity index (χ0) is 25.0. The lowest BCUT2D eigenvalue weighted by molar-refractivity contribution is 0.0947. The third-order valence-electron chi connectivity index (χ3n) is 5.21. The molecule has 0 radical (unpaired) electrons. The number of halogens is 2. The maximum atomic E-state index is 12.8. The largest absolute Gasteiger partial charge is 0.397 e. The zero-order valence-electron chi connectivity index (χ0n) is 19.9. The Morgan fingerprint density at radius 3 is 1.92 bits per heavy atom. The van der Waals surface area contributed by atoms with Crippen LogP contribution in [0.4, 0.5) is 17.1 Å². The monoisotopic (exact) mass is 540 g/mol. The molecule has 15 heteroatoms. The van der Waals surface area contributed by atoms with Crippen molar-refractivity contribution in [1.29, 1.82) is 5.41 Å².